The highest BCUT2D eigenvalue weighted by Crippen LogP contribution is 2.43. The van der Waals surface area contributed by atoms with Crippen molar-refractivity contribution in [2.45, 2.75) is 200 Å². The van der Waals surface area contributed by atoms with Crippen LogP contribution in [0.1, 0.15) is 194 Å². The zero-order valence-corrected chi connectivity index (χ0v) is 48.2. The van der Waals surface area contributed by atoms with E-state index in [9.17, 15) is 19.0 Å². The van der Waals surface area contributed by atoms with Gasteiger partial charge in [0.25, 0.3) is 0 Å². The average molecular weight is 1050 g/mol. The first-order chi connectivity index (χ1) is 36.0. The van der Waals surface area contributed by atoms with Crippen LogP contribution in [-0.4, -0.2) is 74.9 Å². The minimum atomic E-state index is -4.40. The van der Waals surface area contributed by atoms with E-state index >= 15 is 0 Å². The Balaban J connectivity index is 4.19. The van der Waals surface area contributed by atoms with Crippen molar-refractivity contribution in [1.82, 2.24) is 0 Å². The van der Waals surface area contributed by atoms with Gasteiger partial charge < -0.3 is 18.9 Å². The van der Waals surface area contributed by atoms with Gasteiger partial charge in [0, 0.05) is 12.8 Å². The number of hydrogen-bond donors (Lipinski definition) is 1. The van der Waals surface area contributed by atoms with E-state index in [1.807, 2.05) is 21.1 Å². The van der Waals surface area contributed by atoms with Gasteiger partial charge in [0.1, 0.15) is 19.8 Å². The number of esters is 2. The molecule has 2 atom stereocenters. The van der Waals surface area contributed by atoms with Gasteiger partial charge in [-0.25, -0.2) is 4.57 Å². The molecule has 0 spiro atoms. The Kier molecular flexibility index (Phi) is 50.7. The molecule has 0 aliphatic heterocycles. The molecule has 0 aromatic rings. The molecule has 0 aliphatic rings. The molecular weight excluding hydrogens is 942 g/mol. The third-order valence-corrected chi connectivity index (χ3v) is 12.3. The lowest BCUT2D eigenvalue weighted by Crippen LogP contribution is -2.37. The van der Waals surface area contributed by atoms with Crippen LogP contribution >= 0.6 is 7.82 Å². The number of likely N-dealkylation sites (N-methyl/N-ethyl adjacent to an activating group) is 1. The summed E-state index contributed by atoms with van der Waals surface area (Å²) in [5.41, 5.74) is 0. The van der Waals surface area contributed by atoms with Crippen molar-refractivity contribution in [3.63, 3.8) is 0 Å². The monoisotopic (exact) mass is 1050 g/mol. The standard InChI is InChI=1S/C64H104NO8P/c1-6-8-10-12-14-16-18-20-21-22-23-24-25-26-27-28-29-30-31-32-33-34-35-36-37-38-39-40-41-42-43-45-47-49-51-53-55-57-64(67)73-62(61-72-74(68,69)71-59-58-65(3,4)5)60-70-63(66)56-54-52-50-48-46-44-19-17-15-13-11-9-7-2/h8,10-11,13-14,16-17,19-21,23-24,26-27,29-30,32-33,35-36,38-39,41-42,62H,6-7,9,12,15,18,22,25,28,31,34,37,40,43-61H2,1-5H3/p+1/b10-8-,13-11-,16-14-,19-17-,21-20-,24-23-,27-26-,30-29-,33-32-,36-35-,39-38-,42-41-. The number of carbonyl (C=O) groups excluding carboxylic acids is 2. The number of rotatable bonds is 50. The summed E-state index contributed by atoms with van der Waals surface area (Å²) in [5.74, 6) is -0.845. The number of quaternary nitrogens is 1. The van der Waals surface area contributed by atoms with Crippen LogP contribution in [0.25, 0.3) is 0 Å². The molecule has 0 aromatic carbocycles. The second-order valence-corrected chi connectivity index (χ2v) is 21.0. The van der Waals surface area contributed by atoms with Crippen LogP contribution in [0.5, 0.6) is 0 Å². The lowest BCUT2D eigenvalue weighted by Gasteiger charge is -2.24. The van der Waals surface area contributed by atoms with Crippen LogP contribution in [0, 0.1) is 0 Å². The molecule has 10 heteroatoms. The summed E-state index contributed by atoms with van der Waals surface area (Å²) in [6.07, 6.45) is 79.2. The van der Waals surface area contributed by atoms with Crippen molar-refractivity contribution in [2.75, 3.05) is 47.5 Å². The summed E-state index contributed by atoms with van der Waals surface area (Å²) in [6.45, 7) is 4.18. The molecule has 0 heterocycles. The van der Waals surface area contributed by atoms with Crippen LogP contribution in [0.15, 0.2) is 146 Å². The molecule has 0 amide bonds. The van der Waals surface area contributed by atoms with E-state index in [0.717, 1.165) is 148 Å². The summed E-state index contributed by atoms with van der Waals surface area (Å²) >= 11 is 0. The van der Waals surface area contributed by atoms with E-state index in [4.69, 9.17) is 18.5 Å². The zero-order chi connectivity index (χ0) is 54.2. The van der Waals surface area contributed by atoms with Gasteiger partial charge in [-0.3, -0.25) is 18.6 Å². The number of phosphoric acid groups is 1. The Hall–Kier alpha value is -4.11. The SMILES string of the molecule is CC/C=C\C/C=C\C/C=C\C/C=C\C/C=C\C/C=C\C/C=C\C/C=C\C/C=C\C/C=C\CCCCCCCCC(=O)OC(COC(=O)CCCCCCC/C=C\C/C=C\CCC)COP(=O)(O)OCC[N+](C)(C)C. The van der Waals surface area contributed by atoms with Crippen LogP contribution in [0.3, 0.4) is 0 Å². The predicted molar refractivity (Wildman–Crippen MR) is 316 cm³/mol. The van der Waals surface area contributed by atoms with E-state index in [1.165, 1.54) is 6.42 Å². The second kappa shape index (κ2) is 53.7. The van der Waals surface area contributed by atoms with Gasteiger partial charge in [-0.1, -0.05) is 211 Å². The Bertz CT molecular complexity index is 1760. The van der Waals surface area contributed by atoms with Gasteiger partial charge in [0.2, 0.25) is 0 Å². The van der Waals surface area contributed by atoms with Gasteiger partial charge >= 0.3 is 19.8 Å². The fourth-order valence-corrected chi connectivity index (χ4v) is 7.70. The normalized spacial score (nSPS) is 14.4. The Morgan fingerprint density at radius 1 is 0.432 bits per heavy atom. The van der Waals surface area contributed by atoms with Crippen molar-refractivity contribution < 1.29 is 42.1 Å². The van der Waals surface area contributed by atoms with Crippen molar-refractivity contribution in [3.8, 4) is 0 Å². The summed E-state index contributed by atoms with van der Waals surface area (Å²) in [6, 6.07) is 0. The largest absolute Gasteiger partial charge is 0.472 e. The van der Waals surface area contributed by atoms with Crippen LogP contribution < -0.4 is 0 Å². The lowest BCUT2D eigenvalue weighted by molar-refractivity contribution is -0.870. The quantitative estimate of drug-likeness (QED) is 0.0211. The van der Waals surface area contributed by atoms with Crippen molar-refractivity contribution in [3.05, 3.63) is 146 Å². The second-order valence-electron chi connectivity index (χ2n) is 19.6. The average Bonchev–Trinajstić information content (AvgIpc) is 3.36. The molecule has 0 bridgehead atoms. The molecule has 9 nitrogen and oxygen atoms in total. The van der Waals surface area contributed by atoms with Gasteiger partial charge in [0.15, 0.2) is 6.10 Å². The van der Waals surface area contributed by atoms with Gasteiger partial charge in [-0.05, 0) is 116 Å². The van der Waals surface area contributed by atoms with Crippen LogP contribution in [-0.2, 0) is 32.7 Å². The van der Waals surface area contributed by atoms with Gasteiger partial charge in [-0.15, -0.1) is 0 Å². The third-order valence-electron chi connectivity index (χ3n) is 11.3. The molecular formula is C64H105NO8P+. The zero-order valence-electron chi connectivity index (χ0n) is 47.3. The maximum atomic E-state index is 12.8. The highest BCUT2D eigenvalue weighted by atomic mass is 31.2. The maximum Gasteiger partial charge on any atom is 0.472 e. The number of hydrogen-bond acceptors (Lipinski definition) is 7. The Morgan fingerprint density at radius 2 is 0.770 bits per heavy atom. The van der Waals surface area contributed by atoms with Crippen molar-refractivity contribution in [2.24, 2.45) is 0 Å². The molecule has 0 saturated heterocycles. The topological polar surface area (TPSA) is 108 Å². The highest BCUT2D eigenvalue weighted by molar-refractivity contribution is 7.47. The lowest BCUT2D eigenvalue weighted by atomic mass is 10.1. The van der Waals surface area contributed by atoms with Gasteiger partial charge in [0.05, 0.1) is 27.7 Å². The molecule has 0 fully saturated rings. The van der Waals surface area contributed by atoms with Gasteiger partial charge in [-0.2, -0.15) is 0 Å². The summed E-state index contributed by atoms with van der Waals surface area (Å²) in [7, 11) is 1.43. The number of carbonyl (C=O) groups is 2. The molecule has 418 valence electrons. The van der Waals surface area contributed by atoms with Crippen LogP contribution in [0.2, 0.25) is 0 Å². The molecule has 0 aromatic heterocycles. The molecule has 74 heavy (non-hydrogen) atoms. The summed E-state index contributed by atoms with van der Waals surface area (Å²) < 4.78 is 34.4. The van der Waals surface area contributed by atoms with E-state index in [0.29, 0.717) is 23.9 Å². The van der Waals surface area contributed by atoms with E-state index < -0.39 is 32.5 Å². The maximum absolute atomic E-state index is 12.8. The number of unbranched alkanes of at least 4 members (excludes halogenated alkanes) is 12. The molecule has 0 saturated carbocycles. The van der Waals surface area contributed by atoms with E-state index in [1.54, 1.807) is 0 Å². The Labute approximate surface area is 453 Å². The van der Waals surface area contributed by atoms with Crippen molar-refractivity contribution >= 4 is 19.8 Å². The number of allylic oxidation sites excluding steroid dienone is 24. The minimum absolute atomic E-state index is 0.0181. The van der Waals surface area contributed by atoms with Crippen molar-refractivity contribution in [1.29, 1.82) is 0 Å². The highest BCUT2D eigenvalue weighted by Gasteiger charge is 2.27. The van der Waals surface area contributed by atoms with E-state index in [-0.39, 0.29) is 26.1 Å². The fraction of sp³-hybridized carbons (Fsp3) is 0.594. The first-order valence-electron chi connectivity index (χ1n) is 28.6. The number of phosphoric ester groups is 1. The molecule has 0 rings (SSSR count). The first-order valence-corrected chi connectivity index (χ1v) is 30.1. The minimum Gasteiger partial charge on any atom is -0.462 e. The fourth-order valence-electron chi connectivity index (χ4n) is 6.96. The smallest absolute Gasteiger partial charge is 0.462 e. The molecule has 2 unspecified atom stereocenters. The summed E-state index contributed by atoms with van der Waals surface area (Å²) in [4.78, 5) is 35.6. The molecule has 1 N–H and O–H groups in total. The third kappa shape index (κ3) is 57.2. The molecule has 0 aliphatic carbocycles. The van der Waals surface area contributed by atoms with E-state index in [2.05, 4.69) is 160 Å². The number of ether oxygens (including phenoxy) is 2. The summed E-state index contributed by atoms with van der Waals surface area (Å²) in [5, 5.41) is 0. The number of nitrogens with zero attached hydrogens (tertiary/aromatic N) is 1. The molecule has 0 radical (unpaired) electrons. The first kappa shape index (κ1) is 69.9. The Morgan fingerprint density at radius 3 is 1.15 bits per heavy atom. The predicted octanol–water partition coefficient (Wildman–Crippen LogP) is 17.9. The van der Waals surface area contributed by atoms with Crippen LogP contribution in [0.4, 0.5) is 0 Å².